The van der Waals surface area contributed by atoms with Crippen LogP contribution in [0.1, 0.15) is 45.4 Å². The second-order valence-corrected chi connectivity index (χ2v) is 5.48. The Balaban J connectivity index is 2.02. The van der Waals surface area contributed by atoms with Crippen LogP contribution in [0.4, 0.5) is 4.39 Å². The summed E-state index contributed by atoms with van der Waals surface area (Å²) in [4.78, 5) is 12.3. The van der Waals surface area contributed by atoms with E-state index in [0.717, 1.165) is 25.7 Å². The van der Waals surface area contributed by atoms with E-state index < -0.39 is 0 Å². The number of hydrogen-bond acceptors (Lipinski definition) is 4. The van der Waals surface area contributed by atoms with Crippen molar-refractivity contribution in [2.24, 2.45) is 5.92 Å². The molecule has 7 heteroatoms. The highest BCUT2D eigenvalue weighted by Gasteiger charge is 2.17. The smallest absolute Gasteiger partial charge is 0.223 e. The van der Waals surface area contributed by atoms with Gasteiger partial charge in [-0.15, -0.1) is 5.10 Å². The minimum atomic E-state index is -0.321. The fraction of sp³-hybridized carbons (Fsp3) is 0.500. The number of amides is 1. The maximum atomic E-state index is 13.0. The molecule has 0 aliphatic heterocycles. The van der Waals surface area contributed by atoms with Gasteiger partial charge in [-0.25, -0.2) is 4.39 Å². The van der Waals surface area contributed by atoms with Gasteiger partial charge < -0.3 is 5.32 Å². The lowest BCUT2D eigenvalue weighted by Crippen LogP contribution is -2.31. The van der Waals surface area contributed by atoms with Gasteiger partial charge in [-0.05, 0) is 47.5 Å². The van der Waals surface area contributed by atoms with E-state index in [9.17, 15) is 9.18 Å². The number of nitrogens with zero attached hydrogens (tertiary/aromatic N) is 4. The quantitative estimate of drug-likeness (QED) is 0.812. The molecule has 1 N–H and O–H groups in total. The van der Waals surface area contributed by atoms with E-state index in [2.05, 4.69) is 34.7 Å². The van der Waals surface area contributed by atoms with Crippen LogP contribution in [-0.2, 0) is 11.3 Å². The van der Waals surface area contributed by atoms with Crippen molar-refractivity contribution in [2.75, 3.05) is 0 Å². The Morgan fingerprint density at radius 2 is 1.87 bits per heavy atom. The van der Waals surface area contributed by atoms with E-state index in [4.69, 9.17) is 0 Å². The van der Waals surface area contributed by atoms with Crippen LogP contribution in [0.15, 0.2) is 24.3 Å². The van der Waals surface area contributed by atoms with Crippen LogP contribution >= 0.6 is 0 Å². The lowest BCUT2D eigenvalue weighted by atomic mass is 9.97. The lowest BCUT2D eigenvalue weighted by molar-refractivity contribution is -0.125. The number of benzene rings is 1. The summed E-state index contributed by atoms with van der Waals surface area (Å²) in [7, 11) is 0. The molecule has 1 heterocycles. The van der Waals surface area contributed by atoms with Gasteiger partial charge in [-0.2, -0.15) is 4.68 Å². The molecule has 23 heavy (non-hydrogen) atoms. The fourth-order valence-electron chi connectivity index (χ4n) is 2.51. The summed E-state index contributed by atoms with van der Waals surface area (Å²) < 4.78 is 14.5. The SMILES string of the molecule is CCCC(CCC)C(=O)NCc1nnnn1-c1ccc(F)cc1. The van der Waals surface area contributed by atoms with Gasteiger partial charge >= 0.3 is 0 Å². The van der Waals surface area contributed by atoms with Crippen LogP contribution in [0.2, 0.25) is 0 Å². The third-order valence-electron chi connectivity index (χ3n) is 3.67. The molecule has 0 saturated carbocycles. The molecule has 0 unspecified atom stereocenters. The van der Waals surface area contributed by atoms with Crippen LogP contribution in [0, 0.1) is 11.7 Å². The number of carbonyl (C=O) groups is 1. The van der Waals surface area contributed by atoms with Crippen molar-refractivity contribution >= 4 is 5.91 Å². The molecule has 1 aromatic carbocycles. The van der Waals surface area contributed by atoms with Crippen LogP contribution < -0.4 is 5.32 Å². The van der Waals surface area contributed by atoms with E-state index in [1.54, 1.807) is 12.1 Å². The first-order valence-electron chi connectivity index (χ1n) is 7.96. The summed E-state index contributed by atoms with van der Waals surface area (Å²) in [6, 6.07) is 5.87. The molecule has 0 aliphatic carbocycles. The van der Waals surface area contributed by atoms with Crippen molar-refractivity contribution in [3.63, 3.8) is 0 Å². The number of aromatic nitrogens is 4. The molecule has 0 fully saturated rings. The summed E-state index contributed by atoms with van der Waals surface area (Å²) in [5.74, 6) is 0.248. The molecule has 0 atom stereocenters. The Kier molecular flexibility index (Phi) is 6.19. The van der Waals surface area contributed by atoms with Crippen LogP contribution in [0.25, 0.3) is 5.69 Å². The molecule has 0 aliphatic rings. The van der Waals surface area contributed by atoms with Crippen molar-refractivity contribution < 1.29 is 9.18 Å². The molecular formula is C16H22FN5O. The Bertz CT molecular complexity index is 620. The number of nitrogens with one attached hydrogen (secondary N) is 1. The molecule has 0 spiro atoms. The summed E-state index contributed by atoms with van der Waals surface area (Å²) in [5.41, 5.74) is 0.652. The lowest BCUT2D eigenvalue weighted by Gasteiger charge is -2.15. The number of rotatable bonds is 8. The van der Waals surface area contributed by atoms with Crippen molar-refractivity contribution in [2.45, 2.75) is 46.1 Å². The average molecular weight is 319 g/mol. The zero-order chi connectivity index (χ0) is 16.7. The van der Waals surface area contributed by atoms with Crippen LogP contribution in [0.5, 0.6) is 0 Å². The highest BCUT2D eigenvalue weighted by atomic mass is 19.1. The van der Waals surface area contributed by atoms with Gasteiger partial charge in [0.25, 0.3) is 0 Å². The highest BCUT2D eigenvalue weighted by Crippen LogP contribution is 2.14. The molecule has 2 rings (SSSR count). The second kappa shape index (κ2) is 8.36. The van der Waals surface area contributed by atoms with Crippen LogP contribution in [0.3, 0.4) is 0 Å². The minimum absolute atomic E-state index is 0.0279. The topological polar surface area (TPSA) is 72.7 Å². The number of hydrogen-bond donors (Lipinski definition) is 1. The van der Waals surface area contributed by atoms with Gasteiger partial charge in [0.1, 0.15) is 5.82 Å². The summed E-state index contributed by atoms with van der Waals surface area (Å²) in [6.07, 6.45) is 3.71. The monoisotopic (exact) mass is 319 g/mol. The summed E-state index contributed by atoms with van der Waals surface area (Å²) >= 11 is 0. The molecule has 6 nitrogen and oxygen atoms in total. The predicted molar refractivity (Wildman–Crippen MR) is 84.3 cm³/mol. The summed E-state index contributed by atoms with van der Waals surface area (Å²) in [5, 5.41) is 14.4. The molecule has 0 saturated heterocycles. The molecule has 1 amide bonds. The average Bonchev–Trinajstić information content (AvgIpc) is 3.01. The first-order chi connectivity index (χ1) is 11.2. The number of tetrazole rings is 1. The Morgan fingerprint density at radius 1 is 1.22 bits per heavy atom. The Morgan fingerprint density at radius 3 is 2.48 bits per heavy atom. The molecule has 124 valence electrons. The van der Waals surface area contributed by atoms with Crippen molar-refractivity contribution in [3.8, 4) is 5.69 Å². The minimum Gasteiger partial charge on any atom is -0.348 e. The molecule has 0 bridgehead atoms. The normalized spacial score (nSPS) is 11.0. The standard InChI is InChI=1S/C16H22FN5O/c1-3-5-12(6-4-2)16(23)18-11-15-19-20-21-22(15)14-9-7-13(17)8-10-14/h7-10,12H,3-6,11H2,1-2H3,(H,18,23). The first-order valence-corrected chi connectivity index (χ1v) is 7.96. The maximum absolute atomic E-state index is 13.0. The van der Waals surface area contributed by atoms with Gasteiger partial charge in [-0.1, -0.05) is 26.7 Å². The van der Waals surface area contributed by atoms with Crippen LogP contribution in [-0.4, -0.2) is 26.1 Å². The number of carbonyl (C=O) groups excluding carboxylic acids is 1. The first kappa shape index (κ1) is 17.1. The van der Waals surface area contributed by atoms with Crippen molar-refractivity contribution in [3.05, 3.63) is 35.9 Å². The molecular weight excluding hydrogens is 297 g/mol. The van der Waals surface area contributed by atoms with E-state index >= 15 is 0 Å². The maximum Gasteiger partial charge on any atom is 0.223 e. The van der Waals surface area contributed by atoms with Crippen molar-refractivity contribution in [1.82, 2.24) is 25.5 Å². The van der Waals surface area contributed by atoms with Gasteiger partial charge in [-0.3, -0.25) is 4.79 Å². The zero-order valence-electron chi connectivity index (χ0n) is 13.5. The predicted octanol–water partition coefficient (Wildman–Crippen LogP) is 2.63. The van der Waals surface area contributed by atoms with E-state index in [0.29, 0.717) is 11.5 Å². The second-order valence-electron chi connectivity index (χ2n) is 5.48. The third kappa shape index (κ3) is 4.58. The fourth-order valence-corrected chi connectivity index (χ4v) is 2.51. The number of halogens is 1. The van der Waals surface area contributed by atoms with Gasteiger partial charge in [0.15, 0.2) is 5.82 Å². The Hall–Kier alpha value is -2.31. The van der Waals surface area contributed by atoms with E-state index in [1.165, 1.54) is 16.8 Å². The third-order valence-corrected chi connectivity index (χ3v) is 3.67. The largest absolute Gasteiger partial charge is 0.348 e. The van der Waals surface area contributed by atoms with E-state index in [1.807, 2.05) is 0 Å². The van der Waals surface area contributed by atoms with Gasteiger partial charge in [0.05, 0.1) is 12.2 Å². The van der Waals surface area contributed by atoms with Gasteiger partial charge in [0, 0.05) is 5.92 Å². The van der Waals surface area contributed by atoms with Crippen molar-refractivity contribution in [1.29, 1.82) is 0 Å². The summed E-state index contributed by atoms with van der Waals surface area (Å²) in [6.45, 7) is 4.39. The molecule has 0 radical (unpaired) electrons. The van der Waals surface area contributed by atoms with Gasteiger partial charge in [0.2, 0.25) is 5.91 Å². The highest BCUT2D eigenvalue weighted by molar-refractivity contribution is 5.78. The zero-order valence-corrected chi connectivity index (χ0v) is 13.5. The molecule has 2 aromatic rings. The Labute approximate surface area is 135 Å². The van der Waals surface area contributed by atoms with E-state index in [-0.39, 0.29) is 24.2 Å². The molecule has 1 aromatic heterocycles.